The van der Waals surface area contributed by atoms with Crippen LogP contribution in [0.5, 0.6) is 0 Å². The van der Waals surface area contributed by atoms with Gasteiger partial charge >= 0.3 is 0 Å². The summed E-state index contributed by atoms with van der Waals surface area (Å²) in [5.41, 5.74) is 0.569. The van der Waals surface area contributed by atoms with Gasteiger partial charge in [0.25, 0.3) is 5.91 Å². The fourth-order valence-corrected chi connectivity index (χ4v) is 3.06. The van der Waals surface area contributed by atoms with Gasteiger partial charge in [0.05, 0.1) is 11.8 Å². The predicted molar refractivity (Wildman–Crippen MR) is 73.4 cm³/mol. The van der Waals surface area contributed by atoms with Crippen molar-refractivity contribution in [2.24, 2.45) is 5.92 Å². The third kappa shape index (κ3) is 3.58. The van der Waals surface area contributed by atoms with Crippen LogP contribution in [0.1, 0.15) is 36.0 Å². The van der Waals surface area contributed by atoms with Gasteiger partial charge in [-0.15, -0.1) is 0 Å². The Balaban J connectivity index is 1.79. The molecule has 0 bridgehead atoms. The van der Waals surface area contributed by atoms with E-state index < -0.39 is 0 Å². The van der Waals surface area contributed by atoms with E-state index in [2.05, 4.69) is 37.2 Å². The van der Waals surface area contributed by atoms with Crippen LogP contribution in [0.4, 0.5) is 0 Å². The largest absolute Gasteiger partial charge is 0.457 e. The van der Waals surface area contributed by atoms with Crippen LogP contribution in [0.3, 0.4) is 0 Å². The number of nitrogens with one attached hydrogen (secondary N) is 1. The molecule has 94 valence electrons. The van der Waals surface area contributed by atoms with Gasteiger partial charge in [-0.25, -0.2) is 0 Å². The molecule has 0 aliphatic heterocycles. The molecular formula is C12H15Br2NO2. The molecular weight excluding hydrogens is 350 g/mol. The summed E-state index contributed by atoms with van der Waals surface area (Å²) in [4.78, 5) is 12.5. The predicted octanol–water partition coefficient (Wildman–Crippen LogP) is 3.73. The van der Waals surface area contributed by atoms with Crippen molar-refractivity contribution in [3.05, 3.63) is 22.6 Å². The zero-order chi connectivity index (χ0) is 12.3. The highest BCUT2D eigenvalue weighted by molar-refractivity contribution is 9.10. The van der Waals surface area contributed by atoms with E-state index in [1.165, 1.54) is 31.9 Å². The fourth-order valence-electron chi connectivity index (χ4n) is 2.11. The molecule has 1 saturated carbocycles. The number of hydrogen-bond donors (Lipinski definition) is 1. The van der Waals surface area contributed by atoms with Gasteiger partial charge < -0.3 is 9.73 Å². The molecule has 2 rings (SSSR count). The van der Waals surface area contributed by atoms with Crippen LogP contribution in [0.15, 0.2) is 21.4 Å². The van der Waals surface area contributed by atoms with Crippen LogP contribution in [0.2, 0.25) is 0 Å². The number of alkyl halides is 1. The summed E-state index contributed by atoms with van der Waals surface area (Å²) in [6.07, 6.45) is 6.28. The van der Waals surface area contributed by atoms with E-state index >= 15 is 0 Å². The highest BCUT2D eigenvalue weighted by atomic mass is 79.9. The number of halogens is 2. The zero-order valence-corrected chi connectivity index (χ0v) is 12.6. The molecule has 5 heteroatoms. The molecule has 1 aliphatic carbocycles. The van der Waals surface area contributed by atoms with Crippen molar-refractivity contribution in [3.63, 3.8) is 0 Å². The standard InChI is InChI=1S/C12H15Br2NO2/c13-9-3-1-8(2-4-9)7-15-12(16)10-5-6-17-11(10)14/h5-6,8-9H,1-4,7H2,(H,15,16). The summed E-state index contributed by atoms with van der Waals surface area (Å²) in [7, 11) is 0. The molecule has 0 saturated heterocycles. The quantitative estimate of drug-likeness (QED) is 0.830. The smallest absolute Gasteiger partial charge is 0.255 e. The van der Waals surface area contributed by atoms with Gasteiger partial charge in [-0.2, -0.15) is 0 Å². The Bertz CT molecular complexity index is 384. The van der Waals surface area contributed by atoms with E-state index in [0.29, 0.717) is 21.0 Å². The highest BCUT2D eigenvalue weighted by Crippen LogP contribution is 2.28. The van der Waals surface area contributed by atoms with Crippen LogP contribution in [-0.2, 0) is 0 Å². The van der Waals surface area contributed by atoms with E-state index in [1.807, 2.05) is 0 Å². The van der Waals surface area contributed by atoms with E-state index in [0.717, 1.165) is 6.54 Å². The molecule has 1 heterocycles. The maximum absolute atomic E-state index is 11.8. The molecule has 1 amide bonds. The lowest BCUT2D eigenvalue weighted by atomic mass is 9.89. The molecule has 17 heavy (non-hydrogen) atoms. The molecule has 0 atom stereocenters. The first kappa shape index (κ1) is 13.1. The minimum absolute atomic E-state index is 0.0633. The molecule has 3 nitrogen and oxygen atoms in total. The monoisotopic (exact) mass is 363 g/mol. The van der Waals surface area contributed by atoms with Crippen LogP contribution in [0.25, 0.3) is 0 Å². The van der Waals surface area contributed by atoms with Gasteiger partial charge in [-0.1, -0.05) is 15.9 Å². The molecule has 1 N–H and O–H groups in total. The number of furan rings is 1. The average Bonchev–Trinajstić information content (AvgIpc) is 2.74. The second-order valence-corrected chi connectivity index (χ2v) is 6.45. The van der Waals surface area contributed by atoms with Gasteiger partial charge in [-0.3, -0.25) is 4.79 Å². The minimum atomic E-state index is -0.0633. The molecule has 1 aromatic rings. The Labute approximate surface area is 118 Å². The number of carbonyl (C=O) groups is 1. The van der Waals surface area contributed by atoms with Crippen LogP contribution in [-0.4, -0.2) is 17.3 Å². The molecule has 0 radical (unpaired) electrons. The summed E-state index contributed by atoms with van der Waals surface area (Å²) in [6, 6.07) is 1.68. The number of hydrogen-bond acceptors (Lipinski definition) is 2. The van der Waals surface area contributed by atoms with E-state index in [1.54, 1.807) is 6.07 Å². The van der Waals surface area contributed by atoms with Crippen LogP contribution in [0, 0.1) is 5.92 Å². The maximum atomic E-state index is 11.8. The summed E-state index contributed by atoms with van der Waals surface area (Å²) in [5.74, 6) is 0.546. The lowest BCUT2D eigenvalue weighted by Gasteiger charge is -2.25. The van der Waals surface area contributed by atoms with Crippen molar-refractivity contribution >= 4 is 37.8 Å². The van der Waals surface area contributed by atoms with E-state index in [4.69, 9.17) is 4.42 Å². The Hall–Kier alpha value is -0.290. The van der Waals surface area contributed by atoms with Crippen LogP contribution < -0.4 is 5.32 Å². The molecule has 1 fully saturated rings. The Morgan fingerprint density at radius 3 is 2.71 bits per heavy atom. The Morgan fingerprint density at radius 2 is 2.12 bits per heavy atom. The van der Waals surface area contributed by atoms with Crippen molar-refractivity contribution in [1.82, 2.24) is 5.32 Å². The van der Waals surface area contributed by atoms with Gasteiger partial charge in [0.15, 0.2) is 4.67 Å². The fraction of sp³-hybridized carbons (Fsp3) is 0.583. The normalized spacial score (nSPS) is 24.6. The van der Waals surface area contributed by atoms with E-state index in [-0.39, 0.29) is 5.91 Å². The third-order valence-electron chi connectivity index (χ3n) is 3.19. The second kappa shape index (κ2) is 6.05. The molecule has 0 spiro atoms. The first-order valence-corrected chi connectivity index (χ1v) is 7.53. The maximum Gasteiger partial charge on any atom is 0.255 e. The third-order valence-corrected chi connectivity index (χ3v) is 4.72. The summed E-state index contributed by atoms with van der Waals surface area (Å²) in [5, 5.41) is 2.97. The average molecular weight is 365 g/mol. The van der Waals surface area contributed by atoms with Crippen molar-refractivity contribution in [2.75, 3.05) is 6.54 Å². The summed E-state index contributed by atoms with van der Waals surface area (Å²) < 4.78 is 5.54. The molecule has 1 aromatic heterocycles. The lowest BCUT2D eigenvalue weighted by molar-refractivity contribution is 0.0942. The highest BCUT2D eigenvalue weighted by Gasteiger charge is 2.20. The second-order valence-electron chi connectivity index (χ2n) is 4.44. The minimum Gasteiger partial charge on any atom is -0.457 e. The van der Waals surface area contributed by atoms with Gasteiger partial charge in [0.1, 0.15) is 0 Å². The van der Waals surface area contributed by atoms with Crippen molar-refractivity contribution in [2.45, 2.75) is 30.5 Å². The molecule has 0 aromatic carbocycles. The van der Waals surface area contributed by atoms with Gasteiger partial charge in [-0.05, 0) is 53.6 Å². The lowest BCUT2D eigenvalue weighted by Crippen LogP contribution is -2.31. The first-order chi connectivity index (χ1) is 8.16. The number of rotatable bonds is 3. The topological polar surface area (TPSA) is 42.2 Å². The van der Waals surface area contributed by atoms with Crippen molar-refractivity contribution in [1.29, 1.82) is 0 Å². The van der Waals surface area contributed by atoms with Gasteiger partial charge in [0.2, 0.25) is 0 Å². The zero-order valence-electron chi connectivity index (χ0n) is 9.42. The first-order valence-electron chi connectivity index (χ1n) is 5.82. The van der Waals surface area contributed by atoms with Crippen molar-refractivity contribution in [3.8, 4) is 0 Å². The SMILES string of the molecule is O=C(NCC1CCC(Br)CC1)c1ccoc1Br. The Kier molecular flexibility index (Phi) is 4.68. The number of carbonyl (C=O) groups excluding carboxylic acids is 1. The summed E-state index contributed by atoms with van der Waals surface area (Å²) in [6.45, 7) is 0.760. The van der Waals surface area contributed by atoms with Gasteiger partial charge in [0, 0.05) is 11.4 Å². The van der Waals surface area contributed by atoms with Crippen molar-refractivity contribution < 1.29 is 9.21 Å². The molecule has 1 aliphatic rings. The summed E-state index contributed by atoms with van der Waals surface area (Å²) >= 11 is 6.84. The number of amides is 1. The Morgan fingerprint density at radius 1 is 1.41 bits per heavy atom. The molecule has 0 unspecified atom stereocenters. The van der Waals surface area contributed by atoms with Crippen LogP contribution >= 0.6 is 31.9 Å². The van der Waals surface area contributed by atoms with E-state index in [9.17, 15) is 4.79 Å².